The molecule has 4 fully saturated rings. The van der Waals surface area contributed by atoms with Gasteiger partial charge in [0.2, 0.25) is 11.8 Å². The van der Waals surface area contributed by atoms with Crippen LogP contribution in [0.4, 0.5) is 0 Å². The summed E-state index contributed by atoms with van der Waals surface area (Å²) < 4.78 is 6.66. The number of rotatable bonds is 7. The maximum absolute atomic E-state index is 6.66. The number of aromatic nitrogens is 2. The second-order valence-corrected chi connectivity index (χ2v) is 12.6. The second kappa shape index (κ2) is 9.30. The highest BCUT2D eigenvalue weighted by molar-refractivity contribution is 5.53. The highest BCUT2D eigenvalue weighted by Crippen LogP contribution is 2.75. The van der Waals surface area contributed by atoms with Gasteiger partial charge in [-0.3, -0.25) is 0 Å². The molecule has 0 amide bonds. The van der Waals surface area contributed by atoms with E-state index in [-0.39, 0.29) is 21.7 Å². The first-order valence-corrected chi connectivity index (χ1v) is 14.5. The van der Waals surface area contributed by atoms with Crippen LogP contribution >= 0.6 is 0 Å². The summed E-state index contributed by atoms with van der Waals surface area (Å²) in [6.07, 6.45) is 14.9. The van der Waals surface area contributed by atoms with Crippen molar-refractivity contribution < 1.29 is 4.42 Å². The summed E-state index contributed by atoms with van der Waals surface area (Å²) in [5, 5.41) is 9.42. The summed E-state index contributed by atoms with van der Waals surface area (Å²) in [6.45, 7) is 6.81. The Kier molecular flexibility index (Phi) is 5.82. The third kappa shape index (κ3) is 3.86. The molecule has 1 heterocycles. The van der Waals surface area contributed by atoms with Gasteiger partial charge in [-0.2, -0.15) is 0 Å². The molecule has 1 aromatic heterocycles. The topological polar surface area (TPSA) is 38.9 Å². The molecule has 8 rings (SSSR count). The van der Waals surface area contributed by atoms with E-state index < -0.39 is 0 Å². The van der Waals surface area contributed by atoms with Gasteiger partial charge < -0.3 is 4.42 Å². The largest absolute Gasteiger partial charge is 0.420 e. The molecule has 4 aromatic rings. The molecule has 4 saturated carbocycles. The Balaban J connectivity index is 1.45. The van der Waals surface area contributed by atoms with Crippen molar-refractivity contribution in [1.82, 2.24) is 10.2 Å². The number of benzene rings is 3. The summed E-state index contributed by atoms with van der Waals surface area (Å²) in [6, 6.07) is 32.6. The van der Waals surface area contributed by atoms with E-state index in [1.165, 1.54) is 16.7 Å². The molecule has 2 atom stereocenters. The van der Waals surface area contributed by atoms with E-state index in [0.717, 1.165) is 50.0 Å². The first-order valence-electron chi connectivity index (χ1n) is 14.5. The SMILES string of the molecule is C=C(/C=C\C=C/C)C12CC3(c4ccccc4)CC(c4ccccc4)(C1)CC(c1nnc(-c4ccccc4)o1)(C2)C3. The average Bonchev–Trinajstić information content (AvgIpc) is 3.50. The Morgan fingerprint density at radius 3 is 1.77 bits per heavy atom. The van der Waals surface area contributed by atoms with E-state index in [1.807, 2.05) is 30.3 Å². The zero-order valence-electron chi connectivity index (χ0n) is 23.2. The fraction of sp³-hybridized carbons (Fsp3) is 0.297. The van der Waals surface area contributed by atoms with Crippen molar-refractivity contribution in [1.29, 1.82) is 0 Å². The first kappa shape index (κ1) is 25.0. The molecule has 0 aliphatic heterocycles. The lowest BCUT2D eigenvalue weighted by atomic mass is 9.32. The molecular weight excluding hydrogens is 488 g/mol. The van der Waals surface area contributed by atoms with Gasteiger partial charge in [0.1, 0.15) is 0 Å². The number of allylic oxidation sites excluding steroid dienone is 5. The van der Waals surface area contributed by atoms with Crippen LogP contribution in [0.1, 0.15) is 62.5 Å². The van der Waals surface area contributed by atoms with E-state index in [2.05, 4.69) is 97.0 Å². The predicted molar refractivity (Wildman–Crippen MR) is 161 cm³/mol. The number of hydrogen-bond donors (Lipinski definition) is 0. The molecule has 3 aromatic carbocycles. The van der Waals surface area contributed by atoms with Gasteiger partial charge in [0.25, 0.3) is 0 Å². The molecule has 40 heavy (non-hydrogen) atoms. The molecule has 200 valence electrons. The standard InChI is InChI=1S/C37H36N2O/c1-3-4-8-15-28(2)34-22-35(30-18-11-6-12-19-30)25-36(23-34,31-20-13-7-14-21-31)27-37(24-34,26-35)33-39-38-32(40-33)29-16-9-5-10-17-29/h3-21H,2,22-27H2,1H3/b4-3-,15-8-. The van der Waals surface area contributed by atoms with E-state index in [4.69, 9.17) is 16.1 Å². The molecule has 4 bridgehead atoms. The number of hydrogen-bond acceptors (Lipinski definition) is 3. The predicted octanol–water partition coefficient (Wildman–Crippen LogP) is 8.91. The van der Waals surface area contributed by atoms with Crippen molar-refractivity contribution in [2.45, 2.75) is 61.7 Å². The maximum Gasteiger partial charge on any atom is 0.247 e. The smallest absolute Gasteiger partial charge is 0.247 e. The van der Waals surface area contributed by atoms with Crippen molar-refractivity contribution in [3.8, 4) is 11.5 Å². The monoisotopic (exact) mass is 524 g/mol. The van der Waals surface area contributed by atoms with E-state index in [9.17, 15) is 0 Å². The minimum atomic E-state index is -0.238. The first-order chi connectivity index (χ1) is 19.5. The van der Waals surface area contributed by atoms with Crippen molar-refractivity contribution in [3.05, 3.63) is 144 Å². The van der Waals surface area contributed by atoms with Crippen LogP contribution < -0.4 is 0 Å². The van der Waals surface area contributed by atoms with Gasteiger partial charge >= 0.3 is 0 Å². The normalized spacial score (nSPS) is 30.8. The van der Waals surface area contributed by atoms with Crippen LogP contribution in [0, 0.1) is 5.41 Å². The molecule has 0 radical (unpaired) electrons. The summed E-state index contributed by atoms with van der Waals surface area (Å²) in [4.78, 5) is 0. The van der Waals surface area contributed by atoms with Gasteiger partial charge in [-0.25, -0.2) is 0 Å². The Hall–Kier alpha value is -3.98. The van der Waals surface area contributed by atoms with E-state index in [0.29, 0.717) is 5.89 Å². The molecule has 3 heteroatoms. The number of nitrogens with zero attached hydrogens (tertiary/aromatic N) is 2. The van der Waals surface area contributed by atoms with Crippen molar-refractivity contribution >= 4 is 0 Å². The highest BCUT2D eigenvalue weighted by Gasteiger charge is 2.70. The molecular formula is C37H36N2O. The van der Waals surface area contributed by atoms with Crippen molar-refractivity contribution in [2.75, 3.05) is 0 Å². The Labute approximate surface area is 237 Å². The average molecular weight is 525 g/mol. The fourth-order valence-electron chi connectivity index (χ4n) is 8.99. The molecule has 0 N–H and O–H groups in total. The Bertz CT molecular complexity index is 1530. The molecule has 0 saturated heterocycles. The van der Waals surface area contributed by atoms with Gasteiger partial charge in [-0.1, -0.05) is 110 Å². The highest BCUT2D eigenvalue weighted by atomic mass is 16.4. The third-order valence-corrected chi connectivity index (χ3v) is 10.0. The van der Waals surface area contributed by atoms with E-state index >= 15 is 0 Å². The minimum Gasteiger partial charge on any atom is -0.420 e. The van der Waals surface area contributed by atoms with Crippen LogP contribution in [0.5, 0.6) is 0 Å². The molecule has 3 nitrogen and oxygen atoms in total. The van der Waals surface area contributed by atoms with Crippen LogP contribution in [-0.2, 0) is 16.2 Å². The van der Waals surface area contributed by atoms with Crippen molar-refractivity contribution in [3.63, 3.8) is 0 Å². The van der Waals surface area contributed by atoms with Gasteiger partial charge in [0, 0.05) is 5.56 Å². The minimum absolute atomic E-state index is 0.00932. The summed E-state index contributed by atoms with van der Waals surface area (Å²) in [5.74, 6) is 1.40. The molecule has 0 spiro atoms. The summed E-state index contributed by atoms with van der Waals surface area (Å²) in [5.41, 5.74) is 4.72. The van der Waals surface area contributed by atoms with Gasteiger partial charge in [0.05, 0.1) is 5.41 Å². The maximum atomic E-state index is 6.66. The lowest BCUT2D eigenvalue weighted by Gasteiger charge is -2.70. The molecule has 4 aliphatic carbocycles. The fourth-order valence-corrected chi connectivity index (χ4v) is 8.99. The van der Waals surface area contributed by atoms with Crippen LogP contribution in [0.2, 0.25) is 0 Å². The van der Waals surface area contributed by atoms with Gasteiger partial charge in [-0.15, -0.1) is 10.2 Å². The van der Waals surface area contributed by atoms with E-state index in [1.54, 1.807) is 0 Å². The Morgan fingerprint density at radius 1 is 0.675 bits per heavy atom. The summed E-state index contributed by atoms with van der Waals surface area (Å²) in [7, 11) is 0. The van der Waals surface area contributed by atoms with Crippen LogP contribution in [0.25, 0.3) is 11.5 Å². The molecule has 2 unspecified atom stereocenters. The van der Waals surface area contributed by atoms with Crippen LogP contribution in [0.3, 0.4) is 0 Å². The quantitative estimate of drug-likeness (QED) is 0.227. The Morgan fingerprint density at radius 2 is 1.20 bits per heavy atom. The van der Waals surface area contributed by atoms with Crippen LogP contribution in [-0.4, -0.2) is 10.2 Å². The van der Waals surface area contributed by atoms with Crippen LogP contribution in [0.15, 0.2) is 132 Å². The zero-order valence-corrected chi connectivity index (χ0v) is 23.2. The van der Waals surface area contributed by atoms with Gasteiger partial charge in [-0.05, 0) is 90.5 Å². The zero-order chi connectivity index (χ0) is 27.3. The lowest BCUT2D eigenvalue weighted by Crippen LogP contribution is -2.66. The van der Waals surface area contributed by atoms with Crippen molar-refractivity contribution in [2.24, 2.45) is 5.41 Å². The summed E-state index contributed by atoms with van der Waals surface area (Å²) >= 11 is 0. The third-order valence-electron chi connectivity index (χ3n) is 10.0. The van der Waals surface area contributed by atoms with Gasteiger partial charge in [0.15, 0.2) is 0 Å². The molecule has 4 aliphatic rings. The lowest BCUT2D eigenvalue weighted by molar-refractivity contribution is -0.0965. The second-order valence-electron chi connectivity index (χ2n) is 12.6.